The summed E-state index contributed by atoms with van der Waals surface area (Å²) >= 11 is 0. The summed E-state index contributed by atoms with van der Waals surface area (Å²) in [7, 11) is 1.62. The molecule has 25 heavy (non-hydrogen) atoms. The van der Waals surface area contributed by atoms with Crippen LogP contribution in [0.3, 0.4) is 0 Å². The van der Waals surface area contributed by atoms with Crippen molar-refractivity contribution in [2.24, 2.45) is 0 Å². The third kappa shape index (κ3) is 2.91. The van der Waals surface area contributed by atoms with Crippen LogP contribution in [0.1, 0.15) is 35.2 Å². The topological polar surface area (TPSA) is 68.7 Å². The van der Waals surface area contributed by atoms with E-state index in [9.17, 15) is 4.79 Å². The molecular weight excluding hydrogens is 320 g/mol. The summed E-state index contributed by atoms with van der Waals surface area (Å²) in [6.45, 7) is 0.683. The van der Waals surface area contributed by atoms with Gasteiger partial charge in [-0.05, 0) is 49.2 Å². The molecule has 0 aliphatic carbocycles. The van der Waals surface area contributed by atoms with Crippen LogP contribution in [-0.4, -0.2) is 29.6 Å². The highest BCUT2D eigenvalue weighted by atomic mass is 16.5. The van der Waals surface area contributed by atoms with Crippen molar-refractivity contribution in [1.82, 2.24) is 10.1 Å². The monoisotopic (exact) mass is 338 g/mol. The molecule has 0 N–H and O–H groups in total. The first-order valence-corrected chi connectivity index (χ1v) is 8.22. The number of amides is 1. The number of likely N-dealkylation sites (tertiary alicyclic amines) is 1. The number of methoxy groups -OCH3 is 1. The smallest absolute Gasteiger partial charge is 0.293 e. The van der Waals surface area contributed by atoms with Crippen LogP contribution in [0.4, 0.5) is 0 Å². The van der Waals surface area contributed by atoms with Crippen molar-refractivity contribution in [1.29, 1.82) is 0 Å². The van der Waals surface area contributed by atoms with Gasteiger partial charge in [-0.2, -0.15) is 0 Å². The number of hydrogen-bond acceptors (Lipinski definition) is 5. The molecule has 128 valence electrons. The molecule has 1 atom stereocenters. The molecular formula is C19H18N2O4. The summed E-state index contributed by atoms with van der Waals surface area (Å²) in [5, 5.41) is 4.04. The van der Waals surface area contributed by atoms with E-state index in [1.807, 2.05) is 36.4 Å². The molecule has 0 radical (unpaired) electrons. The highest BCUT2D eigenvalue weighted by Gasteiger charge is 2.34. The molecule has 0 bridgehead atoms. The predicted molar refractivity (Wildman–Crippen MR) is 90.2 cm³/mol. The first-order valence-electron chi connectivity index (χ1n) is 8.22. The Morgan fingerprint density at radius 1 is 1.28 bits per heavy atom. The van der Waals surface area contributed by atoms with Crippen molar-refractivity contribution in [2.75, 3.05) is 13.7 Å². The summed E-state index contributed by atoms with van der Waals surface area (Å²) in [6, 6.07) is 12.8. The fourth-order valence-corrected chi connectivity index (χ4v) is 3.20. The summed E-state index contributed by atoms with van der Waals surface area (Å²) in [5.74, 6) is 1.65. The second kappa shape index (κ2) is 6.47. The minimum atomic E-state index is -0.161. The molecule has 1 saturated heterocycles. The van der Waals surface area contributed by atoms with E-state index in [2.05, 4.69) is 5.16 Å². The van der Waals surface area contributed by atoms with Crippen LogP contribution < -0.4 is 4.74 Å². The zero-order valence-corrected chi connectivity index (χ0v) is 13.8. The Morgan fingerprint density at radius 2 is 2.12 bits per heavy atom. The second-order valence-electron chi connectivity index (χ2n) is 5.98. The van der Waals surface area contributed by atoms with Gasteiger partial charge < -0.3 is 18.6 Å². The molecule has 4 rings (SSSR count). The lowest BCUT2D eigenvalue weighted by Crippen LogP contribution is -2.30. The highest BCUT2D eigenvalue weighted by Crippen LogP contribution is 2.34. The van der Waals surface area contributed by atoms with E-state index in [0.717, 1.165) is 29.9 Å². The quantitative estimate of drug-likeness (QED) is 0.721. The molecule has 0 spiro atoms. The van der Waals surface area contributed by atoms with Crippen molar-refractivity contribution >= 4 is 5.91 Å². The first kappa shape index (κ1) is 15.5. The molecule has 1 aliphatic heterocycles. The lowest BCUT2D eigenvalue weighted by molar-refractivity contribution is 0.0677. The number of benzene rings is 1. The molecule has 1 aliphatic rings. The van der Waals surface area contributed by atoms with E-state index in [-0.39, 0.29) is 17.7 Å². The lowest BCUT2D eigenvalue weighted by atomic mass is 10.1. The first-order chi connectivity index (χ1) is 12.3. The Labute approximate surface area is 145 Å². The average Bonchev–Trinajstić information content (AvgIpc) is 3.42. The molecule has 1 aromatic carbocycles. The lowest BCUT2D eigenvalue weighted by Gasteiger charge is -2.21. The molecule has 6 nitrogen and oxygen atoms in total. The van der Waals surface area contributed by atoms with Gasteiger partial charge in [0.2, 0.25) is 5.76 Å². The van der Waals surface area contributed by atoms with Crippen LogP contribution in [0.2, 0.25) is 0 Å². The van der Waals surface area contributed by atoms with Gasteiger partial charge in [-0.3, -0.25) is 4.79 Å². The van der Waals surface area contributed by atoms with E-state index in [1.165, 1.54) is 0 Å². The zero-order chi connectivity index (χ0) is 17.2. The second-order valence-corrected chi connectivity index (χ2v) is 5.98. The van der Waals surface area contributed by atoms with Crippen molar-refractivity contribution in [2.45, 2.75) is 18.9 Å². The number of furan rings is 1. The number of ether oxygens (including phenoxy) is 1. The van der Waals surface area contributed by atoms with E-state index < -0.39 is 0 Å². The standard InChI is InChI=1S/C19H18N2O4/c1-23-14-8-6-13(7-9-14)15-12-18(25-20-15)19(22)21-10-2-4-16(21)17-5-3-11-24-17/h3,5-9,11-12,16H,2,4,10H2,1H3/t16-/m0/s1. The molecule has 0 saturated carbocycles. The predicted octanol–water partition coefficient (Wildman–Crippen LogP) is 3.92. The molecule has 2 aromatic heterocycles. The normalized spacial score (nSPS) is 17.0. The van der Waals surface area contributed by atoms with Gasteiger partial charge in [0.1, 0.15) is 17.2 Å². The van der Waals surface area contributed by atoms with Crippen LogP contribution in [0.15, 0.2) is 57.7 Å². The molecule has 0 unspecified atom stereocenters. The van der Waals surface area contributed by atoms with Crippen molar-refractivity contribution in [3.05, 3.63) is 60.2 Å². The fourth-order valence-electron chi connectivity index (χ4n) is 3.20. The van der Waals surface area contributed by atoms with Crippen LogP contribution >= 0.6 is 0 Å². The third-order valence-corrected chi connectivity index (χ3v) is 4.49. The third-order valence-electron chi connectivity index (χ3n) is 4.49. The van der Waals surface area contributed by atoms with Gasteiger partial charge in [-0.15, -0.1) is 0 Å². The maximum atomic E-state index is 12.8. The molecule has 3 heterocycles. The fraction of sp³-hybridized carbons (Fsp3) is 0.263. The van der Waals surface area contributed by atoms with E-state index in [0.29, 0.717) is 12.2 Å². The Hall–Kier alpha value is -3.02. The van der Waals surface area contributed by atoms with Crippen molar-refractivity contribution in [3.8, 4) is 17.0 Å². The van der Waals surface area contributed by atoms with Crippen LogP contribution in [-0.2, 0) is 0 Å². The number of carbonyl (C=O) groups is 1. The van der Waals surface area contributed by atoms with Gasteiger partial charge in [0.25, 0.3) is 5.91 Å². The summed E-state index contributed by atoms with van der Waals surface area (Å²) < 4.78 is 15.9. The number of rotatable bonds is 4. The number of hydrogen-bond donors (Lipinski definition) is 0. The summed E-state index contributed by atoms with van der Waals surface area (Å²) in [4.78, 5) is 14.6. The number of aromatic nitrogens is 1. The number of carbonyl (C=O) groups excluding carboxylic acids is 1. The Kier molecular flexibility index (Phi) is 4.01. The summed E-state index contributed by atoms with van der Waals surface area (Å²) in [6.07, 6.45) is 3.46. The summed E-state index contributed by atoms with van der Waals surface area (Å²) in [5.41, 5.74) is 1.49. The van der Waals surface area contributed by atoms with Gasteiger partial charge in [0.05, 0.1) is 19.4 Å². The maximum absolute atomic E-state index is 12.8. The minimum absolute atomic E-state index is 0.0444. The van der Waals surface area contributed by atoms with E-state index in [4.69, 9.17) is 13.7 Å². The Morgan fingerprint density at radius 3 is 2.84 bits per heavy atom. The molecule has 3 aromatic rings. The zero-order valence-electron chi connectivity index (χ0n) is 13.8. The Bertz CT molecular complexity index is 852. The Balaban J connectivity index is 1.55. The van der Waals surface area contributed by atoms with Gasteiger partial charge in [-0.25, -0.2) is 0 Å². The van der Waals surface area contributed by atoms with Gasteiger partial charge in [0, 0.05) is 18.2 Å². The highest BCUT2D eigenvalue weighted by molar-refractivity contribution is 5.92. The van der Waals surface area contributed by atoms with Gasteiger partial charge in [0.15, 0.2) is 0 Å². The van der Waals surface area contributed by atoms with Gasteiger partial charge >= 0.3 is 0 Å². The van der Waals surface area contributed by atoms with Gasteiger partial charge in [-0.1, -0.05) is 5.16 Å². The van der Waals surface area contributed by atoms with Crippen molar-refractivity contribution in [3.63, 3.8) is 0 Å². The van der Waals surface area contributed by atoms with Crippen LogP contribution in [0.25, 0.3) is 11.3 Å². The minimum Gasteiger partial charge on any atom is -0.497 e. The molecule has 1 amide bonds. The van der Waals surface area contributed by atoms with Crippen LogP contribution in [0, 0.1) is 0 Å². The van der Waals surface area contributed by atoms with Crippen LogP contribution in [0.5, 0.6) is 5.75 Å². The number of nitrogens with zero attached hydrogens (tertiary/aromatic N) is 2. The average molecular weight is 338 g/mol. The van der Waals surface area contributed by atoms with E-state index >= 15 is 0 Å². The molecule has 6 heteroatoms. The van der Waals surface area contributed by atoms with Crippen molar-refractivity contribution < 1.29 is 18.5 Å². The molecule has 1 fully saturated rings. The SMILES string of the molecule is COc1ccc(-c2cc(C(=O)N3CCC[C@H]3c3ccco3)on2)cc1. The largest absolute Gasteiger partial charge is 0.497 e. The maximum Gasteiger partial charge on any atom is 0.293 e. The van der Waals surface area contributed by atoms with E-state index in [1.54, 1.807) is 24.3 Å².